The average Bonchev–Trinajstić information content (AvgIpc) is 3.04. The van der Waals surface area contributed by atoms with Crippen molar-refractivity contribution in [2.75, 3.05) is 0 Å². The Bertz CT molecular complexity index is 1820. The molecule has 0 saturated carbocycles. The molecule has 1 N–H and O–H groups in total. The smallest absolute Gasteiger partial charge is 0.162 e. The number of carbonyl (C=O) groups is 1. The number of allylic oxidation sites excluding steroid dienone is 2. The maximum absolute atomic E-state index is 15.3. The standard InChI is InChI=1S/C31H30FN2.C13H24O2.Ir/c1-30(2,3)17-20-11-12-25(28(32)13-20)26-16-29(34-19-23(26)18-33)22-14-21-9-7-8-10-24(21)27(15-22)31(4,5)6;1-5-10(6-2)12(14)9-13(15)11(7-3)8-4;/h7-13,15-16,19H,17H2,1-6H3;9-11,14H,5-8H2,1-4H3;/q-1;;/b;12-9-;. The summed E-state index contributed by atoms with van der Waals surface area (Å²) in [7, 11) is 0. The first-order chi connectivity index (χ1) is 23.1. The number of hydrogen-bond donors (Lipinski definition) is 1. The summed E-state index contributed by atoms with van der Waals surface area (Å²) in [5.41, 5.74) is 4.94. The van der Waals surface area contributed by atoms with Gasteiger partial charge in [-0.2, -0.15) is 5.26 Å². The van der Waals surface area contributed by atoms with E-state index in [0.29, 0.717) is 22.4 Å². The van der Waals surface area contributed by atoms with Gasteiger partial charge in [0.15, 0.2) is 5.78 Å². The molecule has 0 atom stereocenters. The van der Waals surface area contributed by atoms with Crippen LogP contribution in [0.15, 0.2) is 72.6 Å². The van der Waals surface area contributed by atoms with Crippen molar-refractivity contribution in [1.29, 1.82) is 5.26 Å². The van der Waals surface area contributed by atoms with Crippen molar-refractivity contribution in [3.05, 3.63) is 101 Å². The fraction of sp³-hybridized carbons (Fsp3) is 0.432. The van der Waals surface area contributed by atoms with Crippen LogP contribution in [-0.2, 0) is 36.7 Å². The molecule has 269 valence electrons. The van der Waals surface area contributed by atoms with E-state index in [9.17, 15) is 15.2 Å². The Morgan fingerprint density at radius 3 is 2.08 bits per heavy atom. The summed E-state index contributed by atoms with van der Waals surface area (Å²) in [4.78, 5) is 16.3. The molecule has 6 heteroatoms. The number of aliphatic hydroxyl groups is 1. The maximum atomic E-state index is 15.3. The molecule has 0 bridgehead atoms. The van der Waals surface area contributed by atoms with Crippen LogP contribution in [0.1, 0.15) is 112 Å². The third-order valence-electron chi connectivity index (χ3n) is 9.02. The molecular weight excluding hydrogens is 800 g/mol. The molecule has 3 aromatic carbocycles. The zero-order valence-corrected chi connectivity index (χ0v) is 33.9. The topological polar surface area (TPSA) is 74.0 Å². The van der Waals surface area contributed by atoms with Gasteiger partial charge in [0, 0.05) is 55.5 Å². The van der Waals surface area contributed by atoms with E-state index in [1.54, 1.807) is 12.1 Å². The van der Waals surface area contributed by atoms with Gasteiger partial charge in [0.25, 0.3) is 0 Å². The van der Waals surface area contributed by atoms with Crippen molar-refractivity contribution in [1.82, 2.24) is 4.98 Å². The Morgan fingerprint density at radius 1 is 0.920 bits per heavy atom. The van der Waals surface area contributed by atoms with Crippen LogP contribution in [0.5, 0.6) is 0 Å². The number of benzene rings is 3. The summed E-state index contributed by atoms with van der Waals surface area (Å²) in [6.45, 7) is 21.0. The van der Waals surface area contributed by atoms with Gasteiger partial charge in [-0.15, -0.1) is 29.1 Å². The second-order valence-corrected chi connectivity index (χ2v) is 15.2. The molecule has 0 spiro atoms. The first-order valence-corrected chi connectivity index (χ1v) is 17.7. The quantitative estimate of drug-likeness (QED) is 0.0980. The summed E-state index contributed by atoms with van der Waals surface area (Å²) < 4.78 is 15.3. The van der Waals surface area contributed by atoms with Crippen LogP contribution in [0.4, 0.5) is 4.39 Å². The fourth-order valence-electron chi connectivity index (χ4n) is 6.18. The molecular formula is C44H54FIrN2O2-. The molecule has 4 nitrogen and oxygen atoms in total. The number of ketones is 1. The van der Waals surface area contributed by atoms with Crippen LogP contribution in [0.3, 0.4) is 0 Å². The summed E-state index contributed by atoms with van der Waals surface area (Å²) in [5, 5.41) is 21.6. The summed E-state index contributed by atoms with van der Waals surface area (Å²) in [6.07, 6.45) is 7.22. The third kappa shape index (κ3) is 11.2. The van der Waals surface area contributed by atoms with E-state index >= 15 is 4.39 Å². The Balaban J connectivity index is 0.000000461. The van der Waals surface area contributed by atoms with Gasteiger partial charge in [-0.05, 0) is 60.1 Å². The number of pyridine rings is 1. The van der Waals surface area contributed by atoms with E-state index in [2.05, 4.69) is 70.8 Å². The number of nitriles is 1. The van der Waals surface area contributed by atoms with Crippen molar-refractivity contribution in [3.63, 3.8) is 0 Å². The number of hydrogen-bond acceptors (Lipinski definition) is 4. The van der Waals surface area contributed by atoms with Crippen molar-refractivity contribution in [3.8, 4) is 28.5 Å². The molecule has 0 fully saturated rings. The predicted molar refractivity (Wildman–Crippen MR) is 202 cm³/mol. The normalized spacial score (nSPS) is 12.0. The number of aliphatic hydroxyl groups excluding tert-OH is 1. The molecule has 0 aliphatic rings. The predicted octanol–water partition coefficient (Wildman–Crippen LogP) is 12.1. The minimum Gasteiger partial charge on any atom is -0.512 e. The Labute approximate surface area is 313 Å². The Kier molecular flexibility index (Phi) is 15.8. The molecule has 0 amide bonds. The first-order valence-electron chi connectivity index (χ1n) is 17.7. The number of fused-ring (bicyclic) bond motifs is 1. The number of nitrogens with zero attached hydrogens (tertiary/aromatic N) is 2. The van der Waals surface area contributed by atoms with Gasteiger partial charge < -0.3 is 5.11 Å². The summed E-state index contributed by atoms with van der Waals surface area (Å²) >= 11 is 0. The molecule has 0 aliphatic carbocycles. The molecule has 0 aliphatic heterocycles. The molecule has 1 radical (unpaired) electrons. The van der Waals surface area contributed by atoms with E-state index in [1.807, 2.05) is 58.0 Å². The van der Waals surface area contributed by atoms with Crippen LogP contribution < -0.4 is 0 Å². The van der Waals surface area contributed by atoms with E-state index in [1.165, 1.54) is 17.8 Å². The maximum Gasteiger partial charge on any atom is 0.162 e. The van der Waals surface area contributed by atoms with E-state index in [0.717, 1.165) is 54.0 Å². The number of aromatic nitrogens is 1. The molecule has 50 heavy (non-hydrogen) atoms. The van der Waals surface area contributed by atoms with Gasteiger partial charge in [0.1, 0.15) is 11.9 Å². The van der Waals surface area contributed by atoms with Crippen LogP contribution >= 0.6 is 0 Å². The Hall–Kier alpha value is -3.65. The second kappa shape index (κ2) is 18.5. The van der Waals surface area contributed by atoms with Gasteiger partial charge in [-0.1, -0.05) is 117 Å². The van der Waals surface area contributed by atoms with Crippen LogP contribution in [0.25, 0.3) is 33.2 Å². The molecule has 0 saturated heterocycles. The van der Waals surface area contributed by atoms with E-state index in [4.69, 9.17) is 0 Å². The molecule has 4 rings (SSSR count). The minimum absolute atomic E-state index is 0. The summed E-state index contributed by atoms with van der Waals surface area (Å²) in [5.74, 6) is 0.222. The number of halogens is 1. The van der Waals surface area contributed by atoms with Crippen molar-refractivity contribution in [2.24, 2.45) is 17.3 Å². The van der Waals surface area contributed by atoms with Gasteiger partial charge in [-0.25, -0.2) is 4.39 Å². The van der Waals surface area contributed by atoms with Crippen molar-refractivity contribution >= 4 is 16.6 Å². The van der Waals surface area contributed by atoms with Gasteiger partial charge in [-0.3, -0.25) is 9.78 Å². The Morgan fingerprint density at radius 2 is 1.54 bits per heavy atom. The first kappa shape index (κ1) is 42.5. The molecule has 1 aromatic heterocycles. The fourth-order valence-corrected chi connectivity index (χ4v) is 6.18. The zero-order chi connectivity index (χ0) is 36.5. The van der Waals surface area contributed by atoms with Gasteiger partial charge in [0.2, 0.25) is 0 Å². The zero-order valence-electron chi connectivity index (χ0n) is 31.5. The average molecular weight is 854 g/mol. The van der Waals surface area contributed by atoms with Crippen LogP contribution in [0, 0.1) is 40.5 Å². The molecule has 1 heterocycles. The monoisotopic (exact) mass is 854 g/mol. The molecule has 4 aromatic rings. The third-order valence-corrected chi connectivity index (χ3v) is 9.02. The van der Waals surface area contributed by atoms with Crippen LogP contribution in [-0.4, -0.2) is 15.9 Å². The van der Waals surface area contributed by atoms with Gasteiger partial charge >= 0.3 is 0 Å². The number of rotatable bonds is 10. The van der Waals surface area contributed by atoms with Gasteiger partial charge in [0.05, 0.1) is 11.3 Å². The van der Waals surface area contributed by atoms with E-state index in [-0.39, 0.29) is 60.1 Å². The second-order valence-electron chi connectivity index (χ2n) is 15.2. The van der Waals surface area contributed by atoms with Crippen molar-refractivity contribution in [2.45, 2.75) is 107 Å². The van der Waals surface area contributed by atoms with E-state index < -0.39 is 0 Å². The molecule has 0 unspecified atom stereocenters. The SMILES string of the molecule is CC(C)(C)Cc1ccc(-c2cc(-c3[c-]c4ccccc4c(C(C)(C)C)c3)ncc2C#N)c(F)c1.CCC(CC)C(=O)/C=C(\O)C(CC)CC.[Ir]. The van der Waals surface area contributed by atoms with Crippen molar-refractivity contribution < 1.29 is 34.4 Å². The van der Waals surface area contributed by atoms with Crippen LogP contribution in [0.2, 0.25) is 0 Å². The minimum atomic E-state index is -0.326. The largest absolute Gasteiger partial charge is 0.512 e. The summed E-state index contributed by atoms with van der Waals surface area (Å²) in [6, 6.07) is 23.1. The number of carbonyl (C=O) groups excluding carboxylic acids is 1.